The first kappa shape index (κ1) is 20.7. The van der Waals surface area contributed by atoms with Crippen LogP contribution in [0.1, 0.15) is 54.9 Å². The quantitative estimate of drug-likeness (QED) is 0.734. The van der Waals surface area contributed by atoms with Gasteiger partial charge in [0.15, 0.2) is 6.10 Å². The van der Waals surface area contributed by atoms with Gasteiger partial charge >= 0.3 is 6.09 Å². The minimum Gasteiger partial charge on any atom is -0.444 e. The second kappa shape index (κ2) is 7.27. The monoisotopic (exact) mass is 344 g/mol. The molecule has 0 aliphatic carbocycles. The van der Waals surface area contributed by atoms with Gasteiger partial charge in [0.25, 0.3) is 5.91 Å². The highest BCUT2D eigenvalue weighted by Gasteiger charge is 2.54. The minimum atomic E-state index is -0.948. The number of hydrogen-bond donors (Lipinski definition) is 0. The van der Waals surface area contributed by atoms with E-state index in [2.05, 4.69) is 0 Å². The number of carbonyl (C=O) groups is 2. The van der Waals surface area contributed by atoms with Crippen LogP contribution in [0, 0.1) is 5.92 Å². The summed E-state index contributed by atoms with van der Waals surface area (Å²) >= 11 is 0. The maximum atomic E-state index is 12.7. The normalized spacial score (nSPS) is 23.5. The molecule has 7 heteroatoms. The van der Waals surface area contributed by atoms with E-state index in [9.17, 15) is 9.59 Å². The van der Waals surface area contributed by atoms with Crippen LogP contribution in [-0.2, 0) is 19.1 Å². The molecular formula is C17H32N2O5. The zero-order chi connectivity index (χ0) is 18.9. The third-order valence-corrected chi connectivity index (χ3v) is 3.81. The second-order valence-electron chi connectivity index (χ2n) is 8.05. The van der Waals surface area contributed by atoms with Crippen LogP contribution in [0.25, 0.3) is 0 Å². The fourth-order valence-electron chi connectivity index (χ4n) is 2.84. The lowest BCUT2D eigenvalue weighted by atomic mass is 9.97. The summed E-state index contributed by atoms with van der Waals surface area (Å²) in [6.07, 6.45) is -0.648. The van der Waals surface area contributed by atoms with E-state index in [1.54, 1.807) is 18.7 Å². The van der Waals surface area contributed by atoms with Crippen molar-refractivity contribution >= 4 is 12.0 Å². The molecule has 0 unspecified atom stereocenters. The van der Waals surface area contributed by atoms with Crippen LogP contribution in [-0.4, -0.2) is 59.6 Å². The van der Waals surface area contributed by atoms with Crippen LogP contribution in [0.15, 0.2) is 0 Å². The molecule has 0 radical (unpaired) electrons. The van der Waals surface area contributed by atoms with Crippen molar-refractivity contribution in [3.63, 3.8) is 0 Å². The van der Waals surface area contributed by atoms with Gasteiger partial charge in [0.1, 0.15) is 11.3 Å². The lowest BCUT2D eigenvalue weighted by Gasteiger charge is -2.35. The summed E-state index contributed by atoms with van der Waals surface area (Å²) in [6.45, 7) is 13.1. The van der Waals surface area contributed by atoms with E-state index in [0.717, 1.165) is 5.06 Å². The van der Waals surface area contributed by atoms with Gasteiger partial charge in [-0.3, -0.25) is 14.5 Å². The Balaban J connectivity index is 3.18. The van der Waals surface area contributed by atoms with Crippen molar-refractivity contribution in [2.45, 2.75) is 78.4 Å². The first-order valence-corrected chi connectivity index (χ1v) is 8.32. The third-order valence-electron chi connectivity index (χ3n) is 3.81. The van der Waals surface area contributed by atoms with Gasteiger partial charge in [-0.25, -0.2) is 9.86 Å². The van der Waals surface area contributed by atoms with Crippen molar-refractivity contribution < 1.29 is 23.9 Å². The van der Waals surface area contributed by atoms with Crippen LogP contribution in [0.3, 0.4) is 0 Å². The number of likely N-dealkylation sites (N-methyl/N-ethyl adjacent to an activating group) is 1. The van der Waals surface area contributed by atoms with Gasteiger partial charge in [-0.1, -0.05) is 13.8 Å². The standard InChI is InChI=1S/C17H32N2O5/c1-11(2)10-12-13(14(20)18(8)22-9)23-17(6,7)19(12)15(21)24-16(3,4)5/h11-13H,10H2,1-9H3/t12-,13+/m0/s1. The van der Waals surface area contributed by atoms with E-state index in [1.807, 2.05) is 34.6 Å². The highest BCUT2D eigenvalue weighted by Crippen LogP contribution is 2.37. The molecular weight excluding hydrogens is 312 g/mol. The second-order valence-corrected chi connectivity index (χ2v) is 8.05. The predicted molar refractivity (Wildman–Crippen MR) is 90.0 cm³/mol. The summed E-state index contributed by atoms with van der Waals surface area (Å²) in [5, 5.41) is 1.13. The number of ether oxygens (including phenoxy) is 2. The molecule has 1 fully saturated rings. The summed E-state index contributed by atoms with van der Waals surface area (Å²) in [6, 6.07) is -0.417. The summed E-state index contributed by atoms with van der Waals surface area (Å²) < 4.78 is 11.5. The Bertz CT molecular complexity index is 470. The number of carbonyl (C=O) groups excluding carboxylic acids is 2. The van der Waals surface area contributed by atoms with E-state index >= 15 is 0 Å². The minimum absolute atomic E-state index is 0.278. The molecule has 0 saturated carbocycles. The molecule has 7 nitrogen and oxygen atoms in total. The number of rotatable bonds is 4. The fourth-order valence-corrected chi connectivity index (χ4v) is 2.84. The Labute approximate surface area is 145 Å². The van der Waals surface area contributed by atoms with Crippen LogP contribution in [0.4, 0.5) is 4.79 Å². The molecule has 0 aromatic carbocycles. The summed E-state index contributed by atoms with van der Waals surface area (Å²) in [7, 11) is 2.95. The summed E-state index contributed by atoms with van der Waals surface area (Å²) in [5.74, 6) is -0.0390. The molecule has 0 N–H and O–H groups in total. The van der Waals surface area contributed by atoms with Gasteiger partial charge in [-0.2, -0.15) is 0 Å². The third kappa shape index (κ3) is 4.83. The maximum absolute atomic E-state index is 12.7. The molecule has 1 aliphatic heterocycles. The Hall–Kier alpha value is -1.34. The summed E-state index contributed by atoms with van der Waals surface area (Å²) in [4.78, 5) is 31.9. The number of nitrogens with zero attached hydrogens (tertiary/aromatic N) is 2. The van der Waals surface area contributed by atoms with Crippen LogP contribution < -0.4 is 0 Å². The van der Waals surface area contributed by atoms with Gasteiger partial charge in [-0.15, -0.1) is 0 Å². The van der Waals surface area contributed by atoms with Gasteiger partial charge in [0.2, 0.25) is 0 Å². The topological polar surface area (TPSA) is 68.3 Å². The van der Waals surface area contributed by atoms with Crippen molar-refractivity contribution in [1.82, 2.24) is 9.96 Å². The molecule has 0 spiro atoms. The molecule has 1 saturated heterocycles. The molecule has 1 aliphatic rings. The van der Waals surface area contributed by atoms with Gasteiger partial charge < -0.3 is 9.47 Å². The zero-order valence-corrected chi connectivity index (χ0v) is 16.4. The molecule has 24 heavy (non-hydrogen) atoms. The van der Waals surface area contributed by atoms with Crippen molar-refractivity contribution in [3.05, 3.63) is 0 Å². The van der Waals surface area contributed by atoms with Crippen LogP contribution >= 0.6 is 0 Å². The average molecular weight is 344 g/mol. The number of hydrogen-bond acceptors (Lipinski definition) is 5. The lowest BCUT2D eigenvalue weighted by Crippen LogP contribution is -2.51. The van der Waals surface area contributed by atoms with Crippen molar-refractivity contribution in [2.75, 3.05) is 14.2 Å². The molecule has 1 heterocycles. The van der Waals surface area contributed by atoms with E-state index in [4.69, 9.17) is 14.3 Å². The molecule has 140 valence electrons. The first-order chi connectivity index (χ1) is 10.8. The summed E-state index contributed by atoms with van der Waals surface area (Å²) in [5.41, 5.74) is -1.57. The predicted octanol–water partition coefficient (Wildman–Crippen LogP) is 2.79. The van der Waals surface area contributed by atoms with Crippen LogP contribution in [0.5, 0.6) is 0 Å². The highest BCUT2D eigenvalue weighted by molar-refractivity contribution is 5.82. The Morgan fingerprint density at radius 1 is 1.29 bits per heavy atom. The van der Waals surface area contributed by atoms with Crippen molar-refractivity contribution in [3.8, 4) is 0 Å². The molecule has 0 bridgehead atoms. The number of amides is 2. The highest BCUT2D eigenvalue weighted by atomic mass is 16.7. The van der Waals surface area contributed by atoms with E-state index in [1.165, 1.54) is 14.2 Å². The zero-order valence-electron chi connectivity index (χ0n) is 16.4. The smallest absolute Gasteiger partial charge is 0.412 e. The Kier molecular flexibility index (Phi) is 6.27. The largest absolute Gasteiger partial charge is 0.444 e. The SMILES string of the molecule is CON(C)C(=O)[C@@H]1OC(C)(C)N(C(=O)OC(C)(C)C)[C@H]1CC(C)C. The molecule has 0 aromatic heterocycles. The van der Waals surface area contributed by atoms with E-state index in [-0.39, 0.29) is 11.8 Å². The van der Waals surface area contributed by atoms with Gasteiger partial charge in [0, 0.05) is 7.05 Å². The molecule has 2 amide bonds. The van der Waals surface area contributed by atoms with Gasteiger partial charge in [-0.05, 0) is 47.0 Å². The molecule has 0 aromatic rings. The molecule has 1 rings (SSSR count). The van der Waals surface area contributed by atoms with Crippen molar-refractivity contribution in [2.24, 2.45) is 5.92 Å². The first-order valence-electron chi connectivity index (χ1n) is 8.32. The van der Waals surface area contributed by atoms with Crippen LogP contribution in [0.2, 0.25) is 0 Å². The number of hydroxylamine groups is 2. The van der Waals surface area contributed by atoms with Gasteiger partial charge in [0.05, 0.1) is 13.2 Å². The van der Waals surface area contributed by atoms with E-state index < -0.39 is 29.6 Å². The Morgan fingerprint density at radius 3 is 2.25 bits per heavy atom. The average Bonchev–Trinajstić information content (AvgIpc) is 2.65. The lowest BCUT2D eigenvalue weighted by molar-refractivity contribution is -0.184. The Morgan fingerprint density at radius 2 is 1.83 bits per heavy atom. The maximum Gasteiger partial charge on any atom is 0.412 e. The van der Waals surface area contributed by atoms with Crippen molar-refractivity contribution in [1.29, 1.82) is 0 Å². The van der Waals surface area contributed by atoms with E-state index in [0.29, 0.717) is 6.42 Å². The molecule has 2 atom stereocenters. The fraction of sp³-hybridized carbons (Fsp3) is 0.882.